The molecule has 0 saturated carbocycles. The molecular formula is C16H24ClFN2. The van der Waals surface area contributed by atoms with Crippen LogP contribution in [0.3, 0.4) is 0 Å². The molecule has 0 radical (unpaired) electrons. The van der Waals surface area contributed by atoms with E-state index in [4.69, 9.17) is 11.6 Å². The second-order valence-electron chi connectivity index (χ2n) is 5.64. The molecule has 0 spiro atoms. The summed E-state index contributed by atoms with van der Waals surface area (Å²) < 4.78 is 13.3. The van der Waals surface area contributed by atoms with Crippen LogP contribution in [0.25, 0.3) is 0 Å². The fourth-order valence-electron chi connectivity index (χ4n) is 2.91. The van der Waals surface area contributed by atoms with Gasteiger partial charge in [0.05, 0.1) is 5.02 Å². The summed E-state index contributed by atoms with van der Waals surface area (Å²) in [5.41, 5.74) is 1.09. The highest BCUT2D eigenvalue weighted by molar-refractivity contribution is 6.30. The van der Waals surface area contributed by atoms with Crippen LogP contribution in [-0.4, -0.2) is 30.6 Å². The highest BCUT2D eigenvalue weighted by atomic mass is 35.5. The summed E-state index contributed by atoms with van der Waals surface area (Å²) in [6.07, 6.45) is 3.63. The Balaban J connectivity index is 2.07. The molecule has 1 aromatic carbocycles. The Hall–Kier alpha value is -0.640. The first-order valence-electron chi connectivity index (χ1n) is 7.54. The molecule has 1 aromatic rings. The van der Waals surface area contributed by atoms with Gasteiger partial charge < -0.3 is 5.32 Å². The van der Waals surface area contributed by atoms with Gasteiger partial charge in [-0.05, 0) is 57.0 Å². The van der Waals surface area contributed by atoms with Crippen molar-refractivity contribution >= 4 is 11.6 Å². The summed E-state index contributed by atoms with van der Waals surface area (Å²) in [4.78, 5) is 2.46. The molecule has 1 heterocycles. The predicted octanol–water partition coefficient (Wildman–Crippen LogP) is 4.00. The Morgan fingerprint density at radius 3 is 2.90 bits per heavy atom. The summed E-state index contributed by atoms with van der Waals surface area (Å²) in [6.45, 7) is 7.59. The van der Waals surface area contributed by atoms with Crippen LogP contribution in [-0.2, 0) is 0 Å². The van der Waals surface area contributed by atoms with Crippen LogP contribution in [0.2, 0.25) is 5.02 Å². The summed E-state index contributed by atoms with van der Waals surface area (Å²) in [5, 5.41) is 3.76. The van der Waals surface area contributed by atoms with E-state index in [0.29, 0.717) is 6.04 Å². The molecule has 1 aliphatic heterocycles. The van der Waals surface area contributed by atoms with Gasteiger partial charge in [0.1, 0.15) is 5.82 Å². The van der Waals surface area contributed by atoms with E-state index < -0.39 is 0 Å². The first kappa shape index (κ1) is 15.7. The molecule has 2 rings (SSSR count). The summed E-state index contributed by atoms with van der Waals surface area (Å²) in [5.74, 6) is -0.345. The van der Waals surface area contributed by atoms with Gasteiger partial charge in [-0.3, -0.25) is 4.90 Å². The average Bonchev–Trinajstić information content (AvgIpc) is 2.93. The van der Waals surface area contributed by atoms with Crippen molar-refractivity contribution in [2.75, 3.05) is 19.6 Å². The molecule has 0 aromatic heterocycles. The number of halogens is 2. The van der Waals surface area contributed by atoms with Crippen molar-refractivity contribution in [1.82, 2.24) is 10.2 Å². The molecule has 112 valence electrons. The maximum atomic E-state index is 13.3. The molecule has 1 N–H and O–H groups in total. The topological polar surface area (TPSA) is 15.3 Å². The highest BCUT2D eigenvalue weighted by Gasteiger charge is 2.22. The minimum absolute atomic E-state index is 0.213. The Labute approximate surface area is 126 Å². The third kappa shape index (κ3) is 3.94. The fraction of sp³-hybridized carbons (Fsp3) is 0.625. The minimum atomic E-state index is -0.345. The summed E-state index contributed by atoms with van der Waals surface area (Å²) >= 11 is 5.90. The minimum Gasteiger partial charge on any atom is -0.313 e. The van der Waals surface area contributed by atoms with Crippen molar-refractivity contribution in [2.45, 2.75) is 45.2 Å². The Bertz CT molecular complexity index is 432. The van der Waals surface area contributed by atoms with Crippen molar-refractivity contribution in [3.05, 3.63) is 34.6 Å². The van der Waals surface area contributed by atoms with Gasteiger partial charge in [-0.15, -0.1) is 0 Å². The first-order valence-corrected chi connectivity index (χ1v) is 7.92. The van der Waals surface area contributed by atoms with Crippen LogP contribution >= 0.6 is 11.6 Å². The van der Waals surface area contributed by atoms with Gasteiger partial charge in [0.15, 0.2) is 0 Å². The lowest BCUT2D eigenvalue weighted by molar-refractivity contribution is 0.192. The zero-order valence-electron chi connectivity index (χ0n) is 12.3. The third-order valence-electron chi connectivity index (χ3n) is 4.10. The Morgan fingerprint density at radius 1 is 1.50 bits per heavy atom. The lowest BCUT2D eigenvalue weighted by atomic mass is 10.1. The van der Waals surface area contributed by atoms with Crippen molar-refractivity contribution in [3.63, 3.8) is 0 Å². The molecule has 20 heavy (non-hydrogen) atoms. The molecule has 4 heteroatoms. The SMILES string of the molecule is CCCN(CC1CCCN1)C(C)c1ccc(F)c(Cl)c1. The van der Waals surface area contributed by atoms with Gasteiger partial charge in [0.2, 0.25) is 0 Å². The van der Waals surface area contributed by atoms with Crippen LogP contribution in [0.5, 0.6) is 0 Å². The van der Waals surface area contributed by atoms with E-state index in [9.17, 15) is 4.39 Å². The summed E-state index contributed by atoms with van der Waals surface area (Å²) in [7, 11) is 0. The van der Waals surface area contributed by atoms with Gasteiger partial charge in [-0.2, -0.15) is 0 Å². The average molecular weight is 299 g/mol. The van der Waals surface area contributed by atoms with Crippen molar-refractivity contribution < 1.29 is 4.39 Å². The molecule has 2 unspecified atom stereocenters. The molecule has 2 atom stereocenters. The lowest BCUT2D eigenvalue weighted by Gasteiger charge is -2.31. The number of nitrogens with one attached hydrogen (secondary N) is 1. The molecule has 0 amide bonds. The van der Waals surface area contributed by atoms with Gasteiger partial charge >= 0.3 is 0 Å². The zero-order valence-corrected chi connectivity index (χ0v) is 13.1. The maximum Gasteiger partial charge on any atom is 0.141 e. The van der Waals surface area contributed by atoms with E-state index in [1.165, 1.54) is 18.9 Å². The van der Waals surface area contributed by atoms with E-state index >= 15 is 0 Å². The zero-order chi connectivity index (χ0) is 14.5. The molecule has 0 aliphatic carbocycles. The van der Waals surface area contributed by atoms with Crippen molar-refractivity contribution in [2.24, 2.45) is 0 Å². The standard InChI is InChI=1S/C16H24ClFN2/c1-3-9-20(11-14-5-4-8-19-14)12(2)13-6-7-16(18)15(17)10-13/h6-7,10,12,14,19H,3-5,8-9,11H2,1-2H3. The molecule has 0 bridgehead atoms. The molecule has 1 fully saturated rings. The second-order valence-corrected chi connectivity index (χ2v) is 6.04. The second kappa shape index (κ2) is 7.39. The third-order valence-corrected chi connectivity index (χ3v) is 4.39. The van der Waals surface area contributed by atoms with Gasteiger partial charge in [0.25, 0.3) is 0 Å². The van der Waals surface area contributed by atoms with E-state index in [0.717, 1.165) is 31.6 Å². The Morgan fingerprint density at radius 2 is 2.30 bits per heavy atom. The van der Waals surface area contributed by atoms with Crippen LogP contribution in [0.1, 0.15) is 44.7 Å². The van der Waals surface area contributed by atoms with Crippen LogP contribution in [0.15, 0.2) is 18.2 Å². The predicted molar refractivity (Wildman–Crippen MR) is 82.7 cm³/mol. The largest absolute Gasteiger partial charge is 0.313 e. The number of hydrogen-bond acceptors (Lipinski definition) is 2. The van der Waals surface area contributed by atoms with Crippen molar-refractivity contribution in [1.29, 1.82) is 0 Å². The molecule has 1 aliphatic rings. The van der Waals surface area contributed by atoms with E-state index in [1.807, 2.05) is 6.07 Å². The normalized spacial score (nSPS) is 20.6. The smallest absolute Gasteiger partial charge is 0.141 e. The van der Waals surface area contributed by atoms with Crippen LogP contribution < -0.4 is 5.32 Å². The quantitative estimate of drug-likeness (QED) is 0.854. The first-order chi connectivity index (χ1) is 9.61. The van der Waals surface area contributed by atoms with Crippen molar-refractivity contribution in [3.8, 4) is 0 Å². The van der Waals surface area contributed by atoms with Gasteiger partial charge in [-0.25, -0.2) is 4.39 Å². The van der Waals surface area contributed by atoms with E-state index in [-0.39, 0.29) is 16.9 Å². The number of benzene rings is 1. The number of hydrogen-bond donors (Lipinski definition) is 1. The number of rotatable bonds is 6. The van der Waals surface area contributed by atoms with Crippen LogP contribution in [0, 0.1) is 5.82 Å². The molecule has 2 nitrogen and oxygen atoms in total. The highest BCUT2D eigenvalue weighted by Crippen LogP contribution is 2.26. The fourth-order valence-corrected chi connectivity index (χ4v) is 3.10. The van der Waals surface area contributed by atoms with E-state index in [1.54, 1.807) is 6.07 Å². The van der Waals surface area contributed by atoms with Gasteiger partial charge in [-0.1, -0.05) is 24.6 Å². The molecule has 1 saturated heterocycles. The Kier molecular flexibility index (Phi) is 5.82. The monoisotopic (exact) mass is 298 g/mol. The molecular weight excluding hydrogens is 275 g/mol. The van der Waals surface area contributed by atoms with Gasteiger partial charge in [0, 0.05) is 18.6 Å². The lowest BCUT2D eigenvalue weighted by Crippen LogP contribution is -2.39. The van der Waals surface area contributed by atoms with E-state index in [2.05, 4.69) is 24.1 Å². The summed E-state index contributed by atoms with van der Waals surface area (Å²) in [6, 6.07) is 5.91. The maximum absolute atomic E-state index is 13.3. The number of nitrogens with zero attached hydrogens (tertiary/aromatic N) is 1. The van der Waals surface area contributed by atoms with Crippen LogP contribution in [0.4, 0.5) is 4.39 Å².